The highest BCUT2D eigenvalue weighted by molar-refractivity contribution is 5.85. The van der Waals surface area contributed by atoms with E-state index in [0.717, 1.165) is 17.1 Å². The second kappa shape index (κ2) is 5.04. The van der Waals surface area contributed by atoms with Crippen LogP contribution < -0.4 is 10.5 Å². The van der Waals surface area contributed by atoms with Crippen LogP contribution in [0.15, 0.2) is 12.1 Å². The minimum atomic E-state index is -0.0835. The van der Waals surface area contributed by atoms with Crippen molar-refractivity contribution in [2.75, 3.05) is 7.11 Å². The fraction of sp³-hybridized carbons (Fsp3) is 0.444. The van der Waals surface area contributed by atoms with Crippen molar-refractivity contribution in [1.82, 2.24) is 4.98 Å². The van der Waals surface area contributed by atoms with Crippen molar-refractivity contribution in [2.45, 2.75) is 19.9 Å². The van der Waals surface area contributed by atoms with Crippen LogP contribution in [0, 0.1) is 6.92 Å². The van der Waals surface area contributed by atoms with Gasteiger partial charge >= 0.3 is 0 Å². The Kier molecular flexibility index (Phi) is 4.73. The average Bonchev–Trinajstić information content (AvgIpc) is 2.04. The standard InChI is InChI=1S/C9H14N2O.ClH/c1-6-4-5-8(12-3)9(11-6)7(2)10;/h4-5,7H,10H2,1-3H3;1H/t7-;/m1./s1. The third kappa shape index (κ3) is 2.86. The second-order valence-corrected chi connectivity index (χ2v) is 2.83. The van der Waals surface area contributed by atoms with E-state index in [1.807, 2.05) is 26.0 Å². The number of nitrogens with two attached hydrogens (primary N) is 1. The van der Waals surface area contributed by atoms with Crippen LogP contribution in [-0.4, -0.2) is 12.1 Å². The summed E-state index contributed by atoms with van der Waals surface area (Å²) in [6, 6.07) is 3.71. The van der Waals surface area contributed by atoms with Crippen LogP contribution >= 0.6 is 12.4 Å². The van der Waals surface area contributed by atoms with Crippen molar-refractivity contribution in [3.8, 4) is 5.75 Å². The molecule has 4 heteroatoms. The molecule has 1 aromatic rings. The van der Waals surface area contributed by atoms with E-state index < -0.39 is 0 Å². The number of aryl methyl sites for hydroxylation is 1. The fourth-order valence-electron chi connectivity index (χ4n) is 1.06. The summed E-state index contributed by atoms with van der Waals surface area (Å²) >= 11 is 0. The molecule has 3 nitrogen and oxygen atoms in total. The van der Waals surface area contributed by atoms with E-state index in [2.05, 4.69) is 4.98 Å². The van der Waals surface area contributed by atoms with Gasteiger partial charge in [0.2, 0.25) is 0 Å². The number of hydrogen-bond donors (Lipinski definition) is 1. The summed E-state index contributed by atoms with van der Waals surface area (Å²) in [6.45, 7) is 3.83. The molecule has 1 heterocycles. The molecule has 0 radical (unpaired) electrons. The first-order valence-electron chi connectivity index (χ1n) is 3.92. The SMILES string of the molecule is COc1ccc(C)nc1[C@@H](C)N.Cl. The zero-order valence-corrected chi connectivity index (χ0v) is 8.89. The van der Waals surface area contributed by atoms with E-state index in [1.165, 1.54) is 0 Å². The number of pyridine rings is 1. The predicted molar refractivity (Wildman–Crippen MR) is 55.4 cm³/mol. The third-order valence-corrected chi connectivity index (χ3v) is 1.68. The first-order chi connectivity index (χ1) is 5.65. The minimum Gasteiger partial charge on any atom is -0.495 e. The van der Waals surface area contributed by atoms with Crippen LogP contribution in [-0.2, 0) is 0 Å². The van der Waals surface area contributed by atoms with Gasteiger partial charge in [-0.3, -0.25) is 4.98 Å². The quantitative estimate of drug-likeness (QED) is 0.796. The Hall–Kier alpha value is -0.800. The number of methoxy groups -OCH3 is 1. The number of halogens is 1. The monoisotopic (exact) mass is 202 g/mol. The Morgan fingerprint density at radius 1 is 1.46 bits per heavy atom. The first-order valence-corrected chi connectivity index (χ1v) is 3.92. The topological polar surface area (TPSA) is 48.1 Å². The molecule has 74 valence electrons. The van der Waals surface area contributed by atoms with Crippen molar-refractivity contribution in [3.05, 3.63) is 23.5 Å². The number of nitrogens with zero attached hydrogens (tertiary/aromatic N) is 1. The van der Waals surface area contributed by atoms with Crippen molar-refractivity contribution >= 4 is 12.4 Å². The van der Waals surface area contributed by atoms with E-state index >= 15 is 0 Å². The van der Waals surface area contributed by atoms with Crippen molar-refractivity contribution in [3.63, 3.8) is 0 Å². The number of ether oxygens (including phenoxy) is 1. The van der Waals surface area contributed by atoms with Gasteiger partial charge in [0, 0.05) is 11.7 Å². The summed E-state index contributed by atoms with van der Waals surface area (Å²) in [7, 11) is 1.62. The largest absolute Gasteiger partial charge is 0.495 e. The van der Waals surface area contributed by atoms with E-state index in [0.29, 0.717) is 0 Å². The molecule has 13 heavy (non-hydrogen) atoms. The van der Waals surface area contributed by atoms with Gasteiger partial charge in [-0.25, -0.2) is 0 Å². The molecule has 0 amide bonds. The zero-order chi connectivity index (χ0) is 9.14. The molecule has 0 aliphatic heterocycles. The lowest BCUT2D eigenvalue weighted by Crippen LogP contribution is -2.09. The molecule has 0 aromatic carbocycles. The van der Waals surface area contributed by atoms with Gasteiger partial charge in [0.05, 0.1) is 12.8 Å². The van der Waals surface area contributed by atoms with Crippen LogP contribution in [0.3, 0.4) is 0 Å². The summed E-state index contributed by atoms with van der Waals surface area (Å²) in [6.07, 6.45) is 0. The first kappa shape index (κ1) is 12.2. The molecule has 0 saturated carbocycles. The van der Waals surface area contributed by atoms with Crippen LogP contribution in [0.4, 0.5) is 0 Å². The summed E-state index contributed by atoms with van der Waals surface area (Å²) in [5.41, 5.74) is 7.49. The molecule has 0 aliphatic carbocycles. The lowest BCUT2D eigenvalue weighted by atomic mass is 10.2. The van der Waals surface area contributed by atoms with E-state index in [9.17, 15) is 0 Å². The summed E-state index contributed by atoms with van der Waals surface area (Å²) in [5, 5.41) is 0. The molecule has 0 bridgehead atoms. The zero-order valence-electron chi connectivity index (χ0n) is 8.07. The number of aromatic nitrogens is 1. The second-order valence-electron chi connectivity index (χ2n) is 2.83. The van der Waals surface area contributed by atoms with Gasteiger partial charge in [-0.2, -0.15) is 0 Å². The smallest absolute Gasteiger partial charge is 0.141 e. The Bertz CT molecular complexity index is 276. The molecule has 0 saturated heterocycles. The van der Waals surface area contributed by atoms with Gasteiger partial charge in [-0.1, -0.05) is 0 Å². The van der Waals surface area contributed by atoms with E-state index in [4.69, 9.17) is 10.5 Å². The highest BCUT2D eigenvalue weighted by Crippen LogP contribution is 2.20. The van der Waals surface area contributed by atoms with Gasteiger partial charge in [0.1, 0.15) is 5.75 Å². The third-order valence-electron chi connectivity index (χ3n) is 1.68. The molecule has 0 spiro atoms. The predicted octanol–water partition coefficient (Wildman–Crippen LogP) is 1.84. The molecule has 0 aliphatic rings. The molecular formula is C9H15ClN2O. The molecule has 1 aromatic heterocycles. The maximum Gasteiger partial charge on any atom is 0.141 e. The van der Waals surface area contributed by atoms with Crippen molar-refractivity contribution in [1.29, 1.82) is 0 Å². The van der Waals surface area contributed by atoms with E-state index in [1.54, 1.807) is 7.11 Å². The van der Waals surface area contributed by atoms with Gasteiger partial charge in [-0.05, 0) is 26.0 Å². The Labute approximate surface area is 84.7 Å². The molecule has 0 fully saturated rings. The summed E-state index contributed by atoms with van der Waals surface area (Å²) in [5.74, 6) is 0.760. The molecular weight excluding hydrogens is 188 g/mol. The van der Waals surface area contributed by atoms with E-state index in [-0.39, 0.29) is 18.4 Å². The Morgan fingerprint density at radius 2 is 2.08 bits per heavy atom. The van der Waals surface area contributed by atoms with Gasteiger partial charge in [0.15, 0.2) is 0 Å². The van der Waals surface area contributed by atoms with Crippen molar-refractivity contribution in [2.24, 2.45) is 5.73 Å². The molecule has 0 unspecified atom stereocenters. The lowest BCUT2D eigenvalue weighted by Gasteiger charge is -2.10. The summed E-state index contributed by atoms with van der Waals surface area (Å²) in [4.78, 5) is 4.29. The normalized spacial score (nSPS) is 11.7. The summed E-state index contributed by atoms with van der Waals surface area (Å²) < 4.78 is 5.12. The highest BCUT2D eigenvalue weighted by Gasteiger charge is 2.08. The van der Waals surface area contributed by atoms with Crippen LogP contribution in [0.5, 0.6) is 5.75 Å². The minimum absolute atomic E-state index is 0. The van der Waals surface area contributed by atoms with Crippen LogP contribution in [0.1, 0.15) is 24.4 Å². The maximum atomic E-state index is 5.72. The van der Waals surface area contributed by atoms with Crippen LogP contribution in [0.25, 0.3) is 0 Å². The fourth-order valence-corrected chi connectivity index (χ4v) is 1.06. The van der Waals surface area contributed by atoms with Crippen molar-refractivity contribution < 1.29 is 4.74 Å². The molecule has 2 N–H and O–H groups in total. The Morgan fingerprint density at radius 3 is 2.54 bits per heavy atom. The van der Waals surface area contributed by atoms with Gasteiger partial charge in [-0.15, -0.1) is 12.4 Å². The maximum absolute atomic E-state index is 5.72. The number of hydrogen-bond acceptors (Lipinski definition) is 3. The Balaban J connectivity index is 0.00000144. The molecule has 1 atom stereocenters. The highest BCUT2D eigenvalue weighted by atomic mass is 35.5. The lowest BCUT2D eigenvalue weighted by molar-refractivity contribution is 0.403. The van der Waals surface area contributed by atoms with Gasteiger partial charge < -0.3 is 10.5 Å². The average molecular weight is 203 g/mol. The van der Waals surface area contributed by atoms with Gasteiger partial charge in [0.25, 0.3) is 0 Å². The number of rotatable bonds is 2. The van der Waals surface area contributed by atoms with Crippen LogP contribution in [0.2, 0.25) is 0 Å². The molecule has 1 rings (SSSR count).